The van der Waals surface area contributed by atoms with Gasteiger partial charge >= 0.3 is 12.0 Å². The summed E-state index contributed by atoms with van der Waals surface area (Å²) in [7, 11) is 0. The predicted molar refractivity (Wildman–Crippen MR) is 132 cm³/mol. The summed E-state index contributed by atoms with van der Waals surface area (Å²) in [5, 5.41) is 7.81. The number of carbonyl (C=O) groups is 5. The normalized spacial score (nSPS) is 11.9. The number of carbonyl (C=O) groups excluding carboxylic acids is 5. The van der Waals surface area contributed by atoms with Gasteiger partial charge in [0.15, 0.2) is 18.2 Å². The number of ketones is 2. The van der Waals surface area contributed by atoms with Crippen LogP contribution in [0.4, 0.5) is 16.2 Å². The number of rotatable bonds is 6. The Hall–Kier alpha value is -4.79. The largest absolute Gasteiger partial charge is 0.452 e. The first-order valence-electron chi connectivity index (χ1n) is 11.2. The highest BCUT2D eigenvalue weighted by molar-refractivity contribution is 6.28. The first-order valence-corrected chi connectivity index (χ1v) is 11.2. The van der Waals surface area contributed by atoms with Crippen molar-refractivity contribution in [2.45, 2.75) is 19.9 Å². The number of amides is 3. The Morgan fingerprint density at radius 2 is 1.39 bits per heavy atom. The number of esters is 1. The minimum atomic E-state index is -0.798. The lowest BCUT2D eigenvalue weighted by Gasteiger charge is -2.18. The van der Waals surface area contributed by atoms with Crippen LogP contribution in [0.3, 0.4) is 0 Å². The van der Waals surface area contributed by atoms with E-state index in [-0.39, 0.29) is 45.7 Å². The Labute approximate surface area is 206 Å². The summed E-state index contributed by atoms with van der Waals surface area (Å²) in [4.78, 5) is 62.6. The molecule has 0 atom stereocenters. The van der Waals surface area contributed by atoms with Crippen LogP contribution in [-0.4, -0.2) is 42.1 Å². The van der Waals surface area contributed by atoms with Crippen LogP contribution in [0.25, 0.3) is 0 Å². The van der Waals surface area contributed by atoms with Crippen molar-refractivity contribution in [2.75, 3.05) is 17.2 Å². The van der Waals surface area contributed by atoms with E-state index in [2.05, 4.69) is 16.0 Å². The van der Waals surface area contributed by atoms with Gasteiger partial charge in [-0.3, -0.25) is 14.4 Å². The van der Waals surface area contributed by atoms with Crippen molar-refractivity contribution >= 4 is 40.8 Å². The molecule has 0 spiro atoms. The number of fused-ring (bicyclic) bond motifs is 2. The topological polar surface area (TPSA) is 131 Å². The smallest absolute Gasteiger partial charge is 0.340 e. The molecule has 3 amide bonds. The maximum absolute atomic E-state index is 12.9. The van der Waals surface area contributed by atoms with E-state index >= 15 is 0 Å². The fourth-order valence-corrected chi connectivity index (χ4v) is 3.77. The molecule has 0 heterocycles. The SMILES string of the molecule is CC(C)NC(=O)Nc1ccccc1C(=O)OCC(=O)Nc1ccc2c(c1)C(=O)c1ccccc1C2=O. The number of anilines is 2. The molecule has 1 aliphatic carbocycles. The Balaban J connectivity index is 1.41. The van der Waals surface area contributed by atoms with E-state index in [4.69, 9.17) is 4.74 Å². The van der Waals surface area contributed by atoms with E-state index in [1.165, 1.54) is 24.3 Å². The van der Waals surface area contributed by atoms with Crippen LogP contribution in [0.5, 0.6) is 0 Å². The van der Waals surface area contributed by atoms with Gasteiger partial charge < -0.3 is 20.7 Å². The number of benzene rings is 3. The summed E-state index contributed by atoms with van der Waals surface area (Å²) in [5.74, 6) is -2.01. The molecule has 36 heavy (non-hydrogen) atoms. The zero-order chi connectivity index (χ0) is 25.8. The van der Waals surface area contributed by atoms with Crippen LogP contribution in [0.2, 0.25) is 0 Å². The highest BCUT2D eigenvalue weighted by Crippen LogP contribution is 2.29. The molecule has 1 aliphatic rings. The van der Waals surface area contributed by atoms with E-state index in [0.29, 0.717) is 11.1 Å². The average molecular weight is 485 g/mol. The molecule has 0 saturated heterocycles. The van der Waals surface area contributed by atoms with Gasteiger partial charge in [0.25, 0.3) is 5.91 Å². The second kappa shape index (κ2) is 10.2. The summed E-state index contributed by atoms with van der Waals surface area (Å²) >= 11 is 0. The fourth-order valence-electron chi connectivity index (χ4n) is 3.77. The lowest BCUT2D eigenvalue weighted by atomic mass is 9.84. The molecule has 0 aliphatic heterocycles. The predicted octanol–water partition coefficient (Wildman–Crippen LogP) is 3.79. The van der Waals surface area contributed by atoms with Crippen LogP contribution in [0.1, 0.15) is 56.0 Å². The van der Waals surface area contributed by atoms with Gasteiger partial charge in [0.1, 0.15) is 0 Å². The van der Waals surface area contributed by atoms with Gasteiger partial charge in [-0.25, -0.2) is 9.59 Å². The van der Waals surface area contributed by atoms with Gasteiger partial charge in [0.05, 0.1) is 11.3 Å². The Bertz CT molecular complexity index is 1400. The lowest BCUT2D eigenvalue weighted by molar-refractivity contribution is -0.119. The van der Waals surface area contributed by atoms with Crippen molar-refractivity contribution in [3.05, 3.63) is 94.5 Å². The van der Waals surface area contributed by atoms with E-state index in [1.807, 2.05) is 0 Å². The van der Waals surface area contributed by atoms with E-state index in [1.54, 1.807) is 56.3 Å². The van der Waals surface area contributed by atoms with Crippen LogP contribution in [0, 0.1) is 0 Å². The first-order chi connectivity index (χ1) is 17.2. The number of nitrogens with one attached hydrogen (secondary N) is 3. The highest BCUT2D eigenvalue weighted by Gasteiger charge is 2.29. The number of urea groups is 1. The monoisotopic (exact) mass is 485 g/mol. The van der Waals surface area contributed by atoms with Crippen molar-refractivity contribution in [1.82, 2.24) is 5.32 Å². The van der Waals surface area contributed by atoms with Gasteiger partial charge in [0.2, 0.25) is 0 Å². The summed E-state index contributed by atoms with van der Waals surface area (Å²) in [6.45, 7) is 3.00. The molecular weight excluding hydrogens is 462 g/mol. The van der Waals surface area contributed by atoms with Gasteiger partial charge in [-0.2, -0.15) is 0 Å². The van der Waals surface area contributed by atoms with E-state index in [9.17, 15) is 24.0 Å². The van der Waals surface area contributed by atoms with Crippen molar-refractivity contribution in [2.24, 2.45) is 0 Å². The molecule has 3 aromatic carbocycles. The number of para-hydroxylation sites is 1. The summed E-state index contributed by atoms with van der Waals surface area (Å²) < 4.78 is 5.12. The Kier molecular flexibility index (Phi) is 6.91. The summed E-state index contributed by atoms with van der Waals surface area (Å²) in [6, 6.07) is 16.7. The molecule has 0 aromatic heterocycles. The molecule has 0 saturated carbocycles. The number of ether oxygens (including phenoxy) is 1. The number of hydrogen-bond acceptors (Lipinski definition) is 6. The van der Waals surface area contributed by atoms with Gasteiger partial charge in [-0.1, -0.05) is 36.4 Å². The van der Waals surface area contributed by atoms with Gasteiger partial charge in [-0.05, 0) is 44.2 Å². The van der Waals surface area contributed by atoms with Crippen LogP contribution in [-0.2, 0) is 9.53 Å². The second-order valence-electron chi connectivity index (χ2n) is 8.39. The van der Waals surface area contributed by atoms with Gasteiger partial charge in [0, 0.05) is 34.0 Å². The Morgan fingerprint density at radius 3 is 2.08 bits per heavy atom. The van der Waals surface area contributed by atoms with Crippen molar-refractivity contribution in [3.63, 3.8) is 0 Å². The van der Waals surface area contributed by atoms with E-state index in [0.717, 1.165) is 0 Å². The van der Waals surface area contributed by atoms with Gasteiger partial charge in [-0.15, -0.1) is 0 Å². The van der Waals surface area contributed by atoms with E-state index < -0.39 is 24.5 Å². The molecule has 9 nitrogen and oxygen atoms in total. The Morgan fingerprint density at radius 1 is 0.778 bits per heavy atom. The maximum atomic E-state index is 12.9. The molecule has 9 heteroatoms. The zero-order valence-corrected chi connectivity index (χ0v) is 19.6. The highest BCUT2D eigenvalue weighted by atomic mass is 16.5. The third-order valence-corrected chi connectivity index (χ3v) is 5.36. The molecule has 4 rings (SSSR count). The third kappa shape index (κ3) is 5.15. The molecule has 0 radical (unpaired) electrons. The third-order valence-electron chi connectivity index (χ3n) is 5.36. The molecule has 3 N–H and O–H groups in total. The summed E-state index contributed by atoms with van der Waals surface area (Å²) in [5.41, 5.74) is 1.70. The molecule has 182 valence electrons. The quantitative estimate of drug-likeness (QED) is 0.356. The standard InChI is InChI=1S/C27H23N3O6/c1-15(2)28-27(35)30-22-10-6-5-9-20(22)26(34)36-14-23(31)29-16-11-12-19-21(13-16)25(33)18-8-4-3-7-17(18)24(19)32/h3-13,15H,14H2,1-2H3,(H,29,31)(H2,28,30,35). The molecule has 0 bridgehead atoms. The molecule has 3 aromatic rings. The molecule has 0 unspecified atom stereocenters. The first kappa shape index (κ1) is 24.3. The van der Waals surface area contributed by atoms with Crippen molar-refractivity contribution < 1.29 is 28.7 Å². The second-order valence-corrected chi connectivity index (χ2v) is 8.39. The van der Waals surface area contributed by atoms with Crippen molar-refractivity contribution in [3.8, 4) is 0 Å². The lowest BCUT2D eigenvalue weighted by Crippen LogP contribution is -2.34. The number of hydrogen-bond donors (Lipinski definition) is 3. The van der Waals surface area contributed by atoms with Crippen LogP contribution in [0.15, 0.2) is 66.7 Å². The minimum Gasteiger partial charge on any atom is -0.452 e. The zero-order valence-electron chi connectivity index (χ0n) is 19.6. The van der Waals surface area contributed by atoms with Crippen LogP contribution < -0.4 is 16.0 Å². The fraction of sp³-hybridized carbons (Fsp3) is 0.148. The maximum Gasteiger partial charge on any atom is 0.340 e. The summed E-state index contributed by atoms with van der Waals surface area (Å²) in [6.07, 6.45) is 0. The average Bonchev–Trinajstić information content (AvgIpc) is 2.85. The van der Waals surface area contributed by atoms with Crippen LogP contribution >= 0.6 is 0 Å². The van der Waals surface area contributed by atoms with Crippen molar-refractivity contribution in [1.29, 1.82) is 0 Å². The molecular formula is C27H23N3O6. The molecule has 0 fully saturated rings. The minimum absolute atomic E-state index is 0.0840.